The molecule has 0 aliphatic carbocycles. The summed E-state index contributed by atoms with van der Waals surface area (Å²) in [5, 5.41) is 0. The molecule has 0 aromatic carbocycles. The molecule has 0 N–H and O–H groups in total. The molecule has 6 nitrogen and oxygen atoms in total. The van der Waals surface area contributed by atoms with Crippen LogP contribution in [0.4, 0.5) is 0 Å². The lowest BCUT2D eigenvalue weighted by atomic mass is 10.3. The number of ether oxygens (including phenoxy) is 1. The van der Waals surface area contributed by atoms with Gasteiger partial charge in [-0.25, -0.2) is 4.79 Å². The number of esters is 1. The molecule has 108 valence electrons. The molecule has 3 saturated heterocycles. The summed E-state index contributed by atoms with van der Waals surface area (Å²) in [6.07, 6.45) is 1.22. The van der Waals surface area contributed by atoms with Crippen molar-refractivity contribution >= 4 is 14.8 Å². The monoisotopic (exact) mass is 288 g/mol. The summed E-state index contributed by atoms with van der Waals surface area (Å²) in [4.78, 5) is 11.2. The highest BCUT2D eigenvalue weighted by Crippen LogP contribution is 2.22. The van der Waals surface area contributed by atoms with E-state index in [2.05, 4.69) is 13.6 Å². The van der Waals surface area contributed by atoms with Crippen LogP contribution >= 0.6 is 0 Å². The molecule has 7 heteroatoms. The minimum absolute atomic E-state index is 0.0275. The van der Waals surface area contributed by atoms with Crippen molar-refractivity contribution in [3.63, 3.8) is 0 Å². The molecule has 2 bridgehead atoms. The fraction of sp³-hybridized carbons (Fsp3) is 0.750. The molecule has 19 heavy (non-hydrogen) atoms. The maximum atomic E-state index is 11.2. The van der Waals surface area contributed by atoms with Crippen LogP contribution in [-0.4, -0.2) is 71.5 Å². The first-order valence-electron chi connectivity index (χ1n) is 6.55. The van der Waals surface area contributed by atoms with Gasteiger partial charge in [0.1, 0.15) is 19.6 Å². The molecule has 0 amide bonds. The Morgan fingerprint density at radius 2 is 2.11 bits per heavy atom. The second-order valence-electron chi connectivity index (χ2n) is 5.37. The summed E-state index contributed by atoms with van der Waals surface area (Å²) in [6, 6.07) is 0. The Hall–Kier alpha value is -0.733. The Labute approximate surface area is 114 Å². The van der Waals surface area contributed by atoms with Gasteiger partial charge >= 0.3 is 14.8 Å². The second-order valence-corrected chi connectivity index (χ2v) is 7.84. The van der Waals surface area contributed by atoms with Gasteiger partial charge in [0.15, 0.2) is 6.23 Å². The number of fused-ring (bicyclic) bond motifs is 6. The molecule has 3 aliphatic heterocycles. The Balaban J connectivity index is 2.09. The second kappa shape index (κ2) is 5.72. The molecule has 3 aliphatic rings. The van der Waals surface area contributed by atoms with Crippen molar-refractivity contribution in [1.82, 2.24) is 0 Å². The van der Waals surface area contributed by atoms with Crippen LogP contribution < -0.4 is 0 Å². The highest BCUT2D eigenvalue weighted by molar-refractivity contribution is 6.60. The zero-order valence-corrected chi connectivity index (χ0v) is 12.6. The highest BCUT2D eigenvalue weighted by Gasteiger charge is 2.50. The average Bonchev–Trinajstić information content (AvgIpc) is 2.31. The van der Waals surface area contributed by atoms with Gasteiger partial charge in [0.2, 0.25) is 0 Å². The summed E-state index contributed by atoms with van der Waals surface area (Å²) in [5.74, 6) is -0.477. The predicted molar refractivity (Wildman–Crippen MR) is 70.1 cm³/mol. The largest absolute Gasteiger partial charge is 0.541 e. The van der Waals surface area contributed by atoms with Crippen LogP contribution in [0.2, 0.25) is 0 Å². The number of nitrogens with zero attached hydrogens (tertiary/aromatic N) is 1. The van der Waals surface area contributed by atoms with Crippen LogP contribution in [0.15, 0.2) is 12.7 Å². The van der Waals surface area contributed by atoms with Crippen LogP contribution in [0.25, 0.3) is 0 Å². The number of rotatable bonds is 3. The summed E-state index contributed by atoms with van der Waals surface area (Å²) in [6.45, 7) is 9.32. The lowest BCUT2D eigenvalue weighted by Gasteiger charge is -2.45. The number of hydrogen-bond donors (Lipinski definition) is 0. The van der Waals surface area contributed by atoms with E-state index in [0.29, 0.717) is 13.2 Å². The number of carbonyl (C=O) groups is 1. The summed E-state index contributed by atoms with van der Waals surface area (Å²) >= 11 is 0. The molecule has 1 unspecified atom stereocenters. The van der Waals surface area contributed by atoms with Gasteiger partial charge in [0, 0.05) is 6.08 Å². The Morgan fingerprint density at radius 3 is 2.68 bits per heavy atom. The number of carbonyl (C=O) groups excluding carboxylic acids is 1. The van der Waals surface area contributed by atoms with Gasteiger partial charge in [-0.05, 0) is 6.92 Å². The van der Waals surface area contributed by atoms with E-state index in [0.717, 1.165) is 30.2 Å². The van der Waals surface area contributed by atoms with E-state index in [-0.39, 0.29) is 12.3 Å². The lowest BCUT2D eigenvalue weighted by molar-refractivity contribution is -0.914. The molecular weight excluding hydrogens is 266 g/mol. The van der Waals surface area contributed by atoms with Gasteiger partial charge in [-0.2, -0.15) is 0 Å². The van der Waals surface area contributed by atoms with Crippen molar-refractivity contribution in [2.45, 2.75) is 13.0 Å². The molecule has 1 atom stereocenters. The Morgan fingerprint density at radius 1 is 1.47 bits per heavy atom. The smallest absolute Gasteiger partial charge is 0.458 e. The van der Waals surface area contributed by atoms with E-state index in [1.165, 1.54) is 0 Å². The third-order valence-electron chi connectivity index (χ3n) is 3.54. The van der Waals surface area contributed by atoms with E-state index in [1.54, 1.807) is 0 Å². The van der Waals surface area contributed by atoms with Crippen LogP contribution in [-0.2, 0) is 22.8 Å². The number of hydrogen-bond acceptors (Lipinski definition) is 5. The predicted octanol–water partition coefficient (Wildman–Crippen LogP) is 0.106. The van der Waals surface area contributed by atoms with E-state index < -0.39 is 14.8 Å². The first-order chi connectivity index (χ1) is 8.97. The molecule has 3 rings (SSSR count). The molecule has 0 spiro atoms. The third-order valence-corrected chi connectivity index (χ3v) is 6.09. The van der Waals surface area contributed by atoms with Crippen molar-refractivity contribution in [3.05, 3.63) is 12.7 Å². The Bertz CT molecular complexity index is 352. The van der Waals surface area contributed by atoms with Gasteiger partial charge in [0.25, 0.3) is 0 Å². The SMILES string of the molecule is C=CC(=O)OC[Si]12OCC[N+](C)(CCO1)CC(C)O2. The van der Waals surface area contributed by atoms with E-state index in [1.807, 2.05) is 6.92 Å². The van der Waals surface area contributed by atoms with E-state index >= 15 is 0 Å². The maximum Gasteiger partial charge on any atom is 0.541 e. The van der Waals surface area contributed by atoms with Crippen molar-refractivity contribution in [2.75, 3.05) is 46.1 Å². The van der Waals surface area contributed by atoms with Crippen molar-refractivity contribution in [3.8, 4) is 0 Å². The first kappa shape index (κ1) is 14.7. The maximum absolute atomic E-state index is 11.2. The zero-order chi connectivity index (χ0) is 13.9. The van der Waals surface area contributed by atoms with Crippen LogP contribution in [0.3, 0.4) is 0 Å². The van der Waals surface area contributed by atoms with Crippen molar-refractivity contribution < 1.29 is 27.3 Å². The fourth-order valence-electron chi connectivity index (χ4n) is 2.55. The van der Waals surface area contributed by atoms with Gasteiger partial charge in [-0.3, -0.25) is 0 Å². The lowest BCUT2D eigenvalue weighted by Crippen LogP contribution is -2.65. The van der Waals surface area contributed by atoms with Crippen LogP contribution in [0.1, 0.15) is 6.92 Å². The van der Waals surface area contributed by atoms with Crippen LogP contribution in [0, 0.1) is 0 Å². The minimum Gasteiger partial charge on any atom is -0.458 e. The number of likely N-dealkylation sites (N-methyl/N-ethyl adjacent to an activating group) is 1. The van der Waals surface area contributed by atoms with E-state index in [4.69, 9.17) is 18.0 Å². The van der Waals surface area contributed by atoms with Crippen LogP contribution in [0.5, 0.6) is 0 Å². The number of quaternary nitrogens is 1. The van der Waals surface area contributed by atoms with Gasteiger partial charge < -0.3 is 22.5 Å². The summed E-state index contributed by atoms with van der Waals surface area (Å²) < 4.78 is 23.6. The third kappa shape index (κ3) is 3.64. The summed E-state index contributed by atoms with van der Waals surface area (Å²) in [5.41, 5.74) is 0. The standard InChI is InChI=1S/C12H22NO5Si/c1-4-12(14)15-10-19-16-7-5-13(3,6-8-17-19)9-11(2)18-19/h4,11H,1,5-10H2,2-3H3/q+1. The molecule has 0 aromatic heterocycles. The topological polar surface area (TPSA) is 54.0 Å². The average molecular weight is 288 g/mol. The molecular formula is C12H22NO5Si+. The van der Waals surface area contributed by atoms with Crippen molar-refractivity contribution in [1.29, 1.82) is 0 Å². The van der Waals surface area contributed by atoms with E-state index in [9.17, 15) is 4.79 Å². The summed E-state index contributed by atoms with van der Waals surface area (Å²) in [7, 11) is -0.719. The molecule has 3 heterocycles. The quantitative estimate of drug-likeness (QED) is 0.319. The highest BCUT2D eigenvalue weighted by atomic mass is 28.4. The van der Waals surface area contributed by atoms with Gasteiger partial charge in [0.05, 0.1) is 26.4 Å². The Kier molecular flexibility index (Phi) is 4.42. The first-order valence-corrected chi connectivity index (χ1v) is 8.49. The normalized spacial score (nSPS) is 38.9. The van der Waals surface area contributed by atoms with Gasteiger partial charge in [-0.1, -0.05) is 6.58 Å². The fourth-order valence-corrected chi connectivity index (χ4v) is 4.81. The van der Waals surface area contributed by atoms with Crippen molar-refractivity contribution in [2.24, 2.45) is 0 Å². The molecule has 0 aromatic rings. The molecule has 0 saturated carbocycles. The molecule has 3 fully saturated rings. The van der Waals surface area contributed by atoms with Gasteiger partial charge in [-0.15, -0.1) is 0 Å². The molecule has 0 radical (unpaired) electrons. The minimum atomic E-state index is -2.90. The zero-order valence-electron chi connectivity index (χ0n) is 11.6.